The van der Waals surface area contributed by atoms with Crippen LogP contribution >= 0.6 is 0 Å². The van der Waals surface area contributed by atoms with Gasteiger partial charge in [-0.25, -0.2) is 4.79 Å². The van der Waals surface area contributed by atoms with Crippen molar-refractivity contribution in [2.24, 2.45) is 5.92 Å². The summed E-state index contributed by atoms with van der Waals surface area (Å²) in [6.45, 7) is 0.912. The van der Waals surface area contributed by atoms with Crippen LogP contribution in [0.4, 0.5) is 0 Å². The lowest BCUT2D eigenvalue weighted by Crippen LogP contribution is -2.43. The molecule has 1 amide bonds. The first kappa shape index (κ1) is 22.7. The minimum absolute atomic E-state index is 0.231. The Hall–Kier alpha value is -3.44. The van der Waals surface area contributed by atoms with Crippen LogP contribution in [0.15, 0.2) is 91.0 Å². The minimum Gasteiger partial charge on any atom is -0.453 e. The Kier molecular flexibility index (Phi) is 7.20. The van der Waals surface area contributed by atoms with E-state index in [0.29, 0.717) is 30.1 Å². The van der Waals surface area contributed by atoms with Gasteiger partial charge in [-0.2, -0.15) is 0 Å². The smallest absolute Gasteiger partial charge is 0.348 e. The van der Waals surface area contributed by atoms with Crippen molar-refractivity contribution in [2.45, 2.75) is 24.9 Å². The molecule has 33 heavy (non-hydrogen) atoms. The second kappa shape index (κ2) is 10.5. The van der Waals surface area contributed by atoms with Gasteiger partial charge in [-0.1, -0.05) is 91.0 Å². The highest BCUT2D eigenvalue weighted by molar-refractivity contribution is 5.88. The van der Waals surface area contributed by atoms with E-state index in [0.717, 1.165) is 19.3 Å². The predicted octanol–water partition coefficient (Wildman–Crippen LogP) is 3.95. The fraction of sp³-hybridized carbons (Fsp3) is 0.286. The molecule has 170 valence electrons. The van der Waals surface area contributed by atoms with Crippen LogP contribution in [0.5, 0.6) is 0 Å². The first-order valence-corrected chi connectivity index (χ1v) is 11.4. The number of amides is 1. The van der Waals surface area contributed by atoms with E-state index in [1.165, 1.54) is 5.56 Å². The Balaban J connectivity index is 1.36. The van der Waals surface area contributed by atoms with Gasteiger partial charge >= 0.3 is 5.97 Å². The molecule has 0 atom stereocenters. The summed E-state index contributed by atoms with van der Waals surface area (Å²) >= 11 is 0. The van der Waals surface area contributed by atoms with E-state index < -0.39 is 11.6 Å². The molecule has 3 aromatic carbocycles. The first-order valence-electron chi connectivity index (χ1n) is 11.4. The van der Waals surface area contributed by atoms with Gasteiger partial charge in [-0.15, -0.1) is 0 Å². The lowest BCUT2D eigenvalue weighted by atomic mass is 9.86. The molecule has 0 radical (unpaired) electrons. The zero-order valence-corrected chi connectivity index (χ0v) is 18.6. The highest BCUT2D eigenvalue weighted by Crippen LogP contribution is 2.31. The molecule has 1 N–H and O–H groups in total. The third-order valence-corrected chi connectivity index (χ3v) is 6.34. The summed E-state index contributed by atoms with van der Waals surface area (Å²) in [6, 6.07) is 27.7. The lowest BCUT2D eigenvalue weighted by Gasteiger charge is -2.32. The molecule has 0 saturated carbocycles. The van der Waals surface area contributed by atoms with Crippen LogP contribution in [0.25, 0.3) is 0 Å². The molecule has 0 unspecified atom stereocenters. The Morgan fingerprint density at radius 2 is 1.30 bits per heavy atom. The van der Waals surface area contributed by atoms with Crippen molar-refractivity contribution in [3.8, 4) is 0 Å². The number of carbonyl (C=O) groups is 2. The second-order valence-electron chi connectivity index (χ2n) is 8.53. The van der Waals surface area contributed by atoms with Crippen LogP contribution in [-0.4, -0.2) is 41.6 Å². The van der Waals surface area contributed by atoms with Gasteiger partial charge in [0.05, 0.1) is 0 Å². The van der Waals surface area contributed by atoms with Gasteiger partial charge in [-0.3, -0.25) is 4.79 Å². The van der Waals surface area contributed by atoms with Gasteiger partial charge in [0.25, 0.3) is 5.91 Å². The molecule has 4 rings (SSSR count). The van der Waals surface area contributed by atoms with Gasteiger partial charge in [-0.05, 0) is 41.9 Å². The van der Waals surface area contributed by atoms with Crippen molar-refractivity contribution in [3.63, 3.8) is 0 Å². The van der Waals surface area contributed by atoms with Crippen molar-refractivity contribution in [1.29, 1.82) is 0 Å². The number of likely N-dealkylation sites (tertiary alicyclic amines) is 1. The number of ether oxygens (including phenoxy) is 1. The predicted molar refractivity (Wildman–Crippen MR) is 126 cm³/mol. The van der Waals surface area contributed by atoms with Crippen LogP contribution in [0.1, 0.15) is 29.5 Å². The number of piperidine rings is 1. The van der Waals surface area contributed by atoms with Crippen molar-refractivity contribution in [3.05, 3.63) is 108 Å². The Morgan fingerprint density at radius 3 is 1.82 bits per heavy atom. The average molecular weight is 444 g/mol. The zero-order chi connectivity index (χ0) is 23.1. The molecule has 1 aliphatic heterocycles. The fourth-order valence-electron chi connectivity index (χ4n) is 4.42. The van der Waals surface area contributed by atoms with E-state index in [4.69, 9.17) is 4.74 Å². The van der Waals surface area contributed by atoms with Gasteiger partial charge in [0, 0.05) is 13.1 Å². The number of nitrogens with zero attached hydrogens (tertiary/aromatic N) is 1. The maximum atomic E-state index is 13.1. The summed E-state index contributed by atoms with van der Waals surface area (Å²) in [5, 5.41) is 11.4. The Bertz CT molecular complexity index is 1010. The normalized spacial score (nSPS) is 14.6. The monoisotopic (exact) mass is 443 g/mol. The first-order chi connectivity index (χ1) is 16.1. The molecule has 0 spiro atoms. The molecular formula is C28H29NO4. The molecule has 0 aromatic heterocycles. The Morgan fingerprint density at radius 1 is 0.818 bits per heavy atom. The number of hydrogen-bond donors (Lipinski definition) is 1. The third-order valence-electron chi connectivity index (χ3n) is 6.34. The van der Waals surface area contributed by atoms with E-state index in [1.54, 1.807) is 53.4 Å². The molecule has 3 aromatic rings. The molecular weight excluding hydrogens is 414 g/mol. The maximum absolute atomic E-state index is 13.1. The van der Waals surface area contributed by atoms with Crippen molar-refractivity contribution < 1.29 is 19.4 Å². The standard InChI is InChI=1S/C28H29NO4/c30-26(29-18-16-23(17-19-29)20-22-10-4-1-5-11-22)21-33-27(31)28(32,24-12-6-2-7-13-24)25-14-8-3-9-15-25/h1-15,23,32H,16-21H2. The van der Waals surface area contributed by atoms with E-state index in [1.807, 2.05) is 18.2 Å². The quantitative estimate of drug-likeness (QED) is 0.562. The summed E-state index contributed by atoms with van der Waals surface area (Å²) in [5.74, 6) is -0.544. The number of rotatable bonds is 7. The molecule has 5 heteroatoms. The second-order valence-corrected chi connectivity index (χ2v) is 8.53. The summed E-state index contributed by atoms with van der Waals surface area (Å²) < 4.78 is 5.37. The molecule has 0 bridgehead atoms. The van der Waals surface area contributed by atoms with Crippen LogP contribution in [0.3, 0.4) is 0 Å². The number of benzene rings is 3. The molecule has 1 fully saturated rings. The van der Waals surface area contributed by atoms with E-state index in [9.17, 15) is 14.7 Å². The number of aliphatic hydroxyl groups is 1. The van der Waals surface area contributed by atoms with Crippen molar-refractivity contribution in [2.75, 3.05) is 19.7 Å². The largest absolute Gasteiger partial charge is 0.453 e. The van der Waals surface area contributed by atoms with Crippen molar-refractivity contribution >= 4 is 11.9 Å². The molecule has 1 saturated heterocycles. The molecule has 1 aliphatic rings. The molecule has 1 heterocycles. The van der Waals surface area contributed by atoms with E-state index in [-0.39, 0.29) is 12.5 Å². The Labute approximate surface area is 194 Å². The summed E-state index contributed by atoms with van der Waals surface area (Å²) in [4.78, 5) is 27.5. The average Bonchev–Trinajstić information content (AvgIpc) is 2.88. The number of carbonyl (C=O) groups excluding carboxylic acids is 2. The maximum Gasteiger partial charge on any atom is 0.348 e. The van der Waals surface area contributed by atoms with Crippen LogP contribution in [0, 0.1) is 5.92 Å². The van der Waals surface area contributed by atoms with Crippen LogP contribution in [-0.2, 0) is 26.3 Å². The van der Waals surface area contributed by atoms with Gasteiger partial charge < -0.3 is 14.7 Å². The third kappa shape index (κ3) is 5.32. The number of esters is 1. The summed E-state index contributed by atoms with van der Waals surface area (Å²) in [6.07, 6.45) is 2.86. The van der Waals surface area contributed by atoms with Gasteiger partial charge in [0.15, 0.2) is 6.61 Å². The molecule has 0 aliphatic carbocycles. The van der Waals surface area contributed by atoms with E-state index >= 15 is 0 Å². The minimum atomic E-state index is -1.98. The summed E-state index contributed by atoms with van der Waals surface area (Å²) in [7, 11) is 0. The fourth-order valence-corrected chi connectivity index (χ4v) is 4.42. The summed E-state index contributed by atoms with van der Waals surface area (Å²) in [5.41, 5.74) is 0.133. The number of hydrogen-bond acceptors (Lipinski definition) is 4. The van der Waals surface area contributed by atoms with Gasteiger partial charge in [0.1, 0.15) is 0 Å². The van der Waals surface area contributed by atoms with Crippen LogP contribution in [0.2, 0.25) is 0 Å². The SMILES string of the molecule is O=C(COC(=O)C(O)(c1ccccc1)c1ccccc1)N1CCC(Cc2ccccc2)CC1. The topological polar surface area (TPSA) is 66.8 Å². The van der Waals surface area contributed by atoms with Crippen LogP contribution < -0.4 is 0 Å². The van der Waals surface area contributed by atoms with E-state index in [2.05, 4.69) is 24.3 Å². The lowest BCUT2D eigenvalue weighted by molar-refractivity contribution is -0.166. The van der Waals surface area contributed by atoms with Gasteiger partial charge in [0.2, 0.25) is 5.60 Å². The van der Waals surface area contributed by atoms with Crippen molar-refractivity contribution in [1.82, 2.24) is 4.90 Å². The molecule has 5 nitrogen and oxygen atoms in total. The highest BCUT2D eigenvalue weighted by atomic mass is 16.6. The highest BCUT2D eigenvalue weighted by Gasteiger charge is 2.42. The zero-order valence-electron chi connectivity index (χ0n) is 18.6.